The van der Waals surface area contributed by atoms with Gasteiger partial charge in [0, 0.05) is 31.0 Å². The molecule has 0 unspecified atom stereocenters. The van der Waals surface area contributed by atoms with Crippen molar-refractivity contribution in [2.45, 2.75) is 26.7 Å². The Hall–Kier alpha value is -2.86. The summed E-state index contributed by atoms with van der Waals surface area (Å²) in [6.07, 6.45) is 1.63. The molecule has 0 saturated carbocycles. The normalized spacial score (nSPS) is 13.8. The highest BCUT2D eigenvalue weighted by Gasteiger charge is 2.13. The van der Waals surface area contributed by atoms with E-state index in [9.17, 15) is 9.59 Å². The zero-order valence-electron chi connectivity index (χ0n) is 17.2. The molecule has 1 fully saturated rings. The Balaban J connectivity index is 1.39. The quantitative estimate of drug-likeness (QED) is 0.583. The standard InChI is InChI=1S/C23H29N3O3/c1-17-14-18(2)16-20(15-17)25-23(28)22(27)24-9-3-4-19-5-7-21(8-6-19)26-10-12-29-13-11-26/h5-8,14-16H,3-4,9-13H2,1-2H3,(H,24,27)(H,25,28). The van der Waals surface area contributed by atoms with Gasteiger partial charge in [-0.05, 0) is 67.6 Å². The summed E-state index contributed by atoms with van der Waals surface area (Å²) < 4.78 is 5.39. The van der Waals surface area contributed by atoms with Crippen LogP contribution in [0.1, 0.15) is 23.1 Å². The molecular formula is C23H29N3O3. The van der Waals surface area contributed by atoms with Gasteiger partial charge in [-0.3, -0.25) is 9.59 Å². The summed E-state index contributed by atoms with van der Waals surface area (Å²) in [5, 5.41) is 5.35. The maximum atomic E-state index is 12.1. The molecule has 2 amide bonds. The molecule has 6 nitrogen and oxygen atoms in total. The largest absolute Gasteiger partial charge is 0.378 e. The van der Waals surface area contributed by atoms with Gasteiger partial charge in [0.15, 0.2) is 0 Å². The number of nitrogens with zero attached hydrogens (tertiary/aromatic N) is 1. The fraction of sp³-hybridized carbons (Fsp3) is 0.391. The number of hydrogen-bond acceptors (Lipinski definition) is 4. The molecular weight excluding hydrogens is 366 g/mol. The molecule has 2 aromatic carbocycles. The first-order valence-corrected chi connectivity index (χ1v) is 10.1. The fourth-order valence-electron chi connectivity index (χ4n) is 3.50. The molecule has 2 N–H and O–H groups in total. The smallest absolute Gasteiger partial charge is 0.313 e. The van der Waals surface area contributed by atoms with Crippen molar-refractivity contribution in [2.75, 3.05) is 43.1 Å². The maximum absolute atomic E-state index is 12.1. The van der Waals surface area contributed by atoms with E-state index >= 15 is 0 Å². The predicted molar refractivity (Wildman–Crippen MR) is 115 cm³/mol. The summed E-state index contributed by atoms with van der Waals surface area (Å²) in [6.45, 7) is 7.78. The van der Waals surface area contributed by atoms with Crippen molar-refractivity contribution >= 4 is 23.2 Å². The van der Waals surface area contributed by atoms with Crippen LogP contribution in [0.4, 0.5) is 11.4 Å². The van der Waals surface area contributed by atoms with Crippen LogP contribution in [0.5, 0.6) is 0 Å². The molecule has 0 spiro atoms. The minimum Gasteiger partial charge on any atom is -0.378 e. The fourth-order valence-corrected chi connectivity index (χ4v) is 3.50. The summed E-state index contributed by atoms with van der Waals surface area (Å²) in [6, 6.07) is 14.2. The minimum atomic E-state index is -0.634. The Morgan fingerprint density at radius 2 is 1.62 bits per heavy atom. The highest BCUT2D eigenvalue weighted by Crippen LogP contribution is 2.17. The number of aryl methyl sites for hydroxylation is 3. The Kier molecular flexibility index (Phi) is 7.25. The molecule has 1 aliphatic rings. The first kappa shape index (κ1) is 20.9. The second kappa shape index (κ2) is 10.1. The van der Waals surface area contributed by atoms with Crippen LogP contribution < -0.4 is 15.5 Å². The van der Waals surface area contributed by atoms with Crippen molar-refractivity contribution in [3.05, 3.63) is 59.2 Å². The van der Waals surface area contributed by atoms with Gasteiger partial charge in [-0.25, -0.2) is 0 Å². The Bertz CT molecular complexity index is 823. The number of benzene rings is 2. The number of rotatable bonds is 6. The van der Waals surface area contributed by atoms with E-state index in [2.05, 4.69) is 39.8 Å². The zero-order valence-corrected chi connectivity index (χ0v) is 17.2. The molecule has 1 saturated heterocycles. The molecule has 154 valence electrons. The van der Waals surface area contributed by atoms with Crippen LogP contribution in [-0.4, -0.2) is 44.7 Å². The van der Waals surface area contributed by atoms with Crippen molar-refractivity contribution in [1.29, 1.82) is 0 Å². The highest BCUT2D eigenvalue weighted by atomic mass is 16.5. The highest BCUT2D eigenvalue weighted by molar-refractivity contribution is 6.39. The van der Waals surface area contributed by atoms with E-state index in [1.165, 1.54) is 11.3 Å². The van der Waals surface area contributed by atoms with Crippen LogP contribution in [0.15, 0.2) is 42.5 Å². The van der Waals surface area contributed by atoms with Gasteiger partial charge >= 0.3 is 11.8 Å². The van der Waals surface area contributed by atoms with E-state index in [0.717, 1.165) is 50.3 Å². The lowest BCUT2D eigenvalue weighted by molar-refractivity contribution is -0.136. The minimum absolute atomic E-state index is 0.463. The van der Waals surface area contributed by atoms with Gasteiger partial charge in [0.2, 0.25) is 0 Å². The van der Waals surface area contributed by atoms with E-state index < -0.39 is 11.8 Å². The Morgan fingerprint density at radius 3 is 2.28 bits per heavy atom. The Labute approximate surface area is 172 Å². The lowest BCUT2D eigenvalue weighted by Crippen LogP contribution is -2.36. The number of ether oxygens (including phenoxy) is 1. The SMILES string of the molecule is Cc1cc(C)cc(NC(=O)C(=O)NCCCc2ccc(N3CCOCC3)cc2)c1. The molecule has 0 bridgehead atoms. The molecule has 3 rings (SSSR count). The summed E-state index contributed by atoms with van der Waals surface area (Å²) in [7, 11) is 0. The number of amides is 2. The topological polar surface area (TPSA) is 70.7 Å². The molecule has 29 heavy (non-hydrogen) atoms. The van der Waals surface area contributed by atoms with Crippen molar-refractivity contribution in [1.82, 2.24) is 5.32 Å². The van der Waals surface area contributed by atoms with Gasteiger partial charge in [0.05, 0.1) is 13.2 Å². The molecule has 0 aromatic heterocycles. The van der Waals surface area contributed by atoms with Gasteiger partial charge in [-0.15, -0.1) is 0 Å². The first-order valence-electron chi connectivity index (χ1n) is 10.1. The summed E-state index contributed by atoms with van der Waals surface area (Å²) in [5.74, 6) is -1.24. The average Bonchev–Trinajstić information content (AvgIpc) is 2.71. The van der Waals surface area contributed by atoms with E-state index in [1.54, 1.807) is 0 Å². The molecule has 0 atom stereocenters. The molecule has 0 aliphatic carbocycles. The number of anilines is 2. The van der Waals surface area contributed by atoms with Crippen LogP contribution in [-0.2, 0) is 20.7 Å². The number of hydrogen-bond donors (Lipinski definition) is 2. The number of carbonyl (C=O) groups is 2. The van der Waals surface area contributed by atoms with Gasteiger partial charge in [0.1, 0.15) is 0 Å². The van der Waals surface area contributed by atoms with Crippen molar-refractivity contribution in [3.8, 4) is 0 Å². The van der Waals surface area contributed by atoms with Crippen molar-refractivity contribution in [3.63, 3.8) is 0 Å². The van der Waals surface area contributed by atoms with E-state index in [1.807, 2.05) is 32.0 Å². The zero-order chi connectivity index (χ0) is 20.6. The van der Waals surface area contributed by atoms with Gasteiger partial charge in [-0.1, -0.05) is 18.2 Å². The van der Waals surface area contributed by atoms with Crippen LogP contribution in [0, 0.1) is 13.8 Å². The van der Waals surface area contributed by atoms with Crippen LogP contribution in [0.25, 0.3) is 0 Å². The maximum Gasteiger partial charge on any atom is 0.313 e. The average molecular weight is 396 g/mol. The van der Waals surface area contributed by atoms with Gasteiger partial charge < -0.3 is 20.3 Å². The number of nitrogens with one attached hydrogen (secondary N) is 2. The number of morpholine rings is 1. The lowest BCUT2D eigenvalue weighted by atomic mass is 10.1. The van der Waals surface area contributed by atoms with Gasteiger partial charge in [0.25, 0.3) is 0 Å². The van der Waals surface area contributed by atoms with Crippen LogP contribution in [0.2, 0.25) is 0 Å². The van der Waals surface area contributed by atoms with Crippen LogP contribution in [0.3, 0.4) is 0 Å². The monoisotopic (exact) mass is 395 g/mol. The third kappa shape index (κ3) is 6.32. The lowest BCUT2D eigenvalue weighted by Gasteiger charge is -2.28. The second-order valence-corrected chi connectivity index (χ2v) is 7.46. The van der Waals surface area contributed by atoms with E-state index in [4.69, 9.17) is 4.74 Å². The van der Waals surface area contributed by atoms with Crippen molar-refractivity contribution < 1.29 is 14.3 Å². The van der Waals surface area contributed by atoms with E-state index in [-0.39, 0.29) is 0 Å². The van der Waals surface area contributed by atoms with Gasteiger partial charge in [-0.2, -0.15) is 0 Å². The second-order valence-electron chi connectivity index (χ2n) is 7.46. The first-order chi connectivity index (χ1) is 14.0. The third-order valence-electron chi connectivity index (χ3n) is 4.93. The predicted octanol–water partition coefficient (Wildman–Crippen LogP) is 2.83. The summed E-state index contributed by atoms with van der Waals surface area (Å²) in [5.41, 5.74) is 5.16. The molecule has 6 heteroatoms. The van der Waals surface area contributed by atoms with E-state index in [0.29, 0.717) is 12.2 Å². The molecule has 2 aromatic rings. The molecule has 1 heterocycles. The number of carbonyl (C=O) groups excluding carboxylic acids is 2. The summed E-state index contributed by atoms with van der Waals surface area (Å²) >= 11 is 0. The molecule has 1 aliphatic heterocycles. The third-order valence-corrected chi connectivity index (χ3v) is 4.93. The summed E-state index contributed by atoms with van der Waals surface area (Å²) in [4.78, 5) is 26.4. The van der Waals surface area contributed by atoms with Crippen LogP contribution >= 0.6 is 0 Å². The Morgan fingerprint density at radius 1 is 0.966 bits per heavy atom. The van der Waals surface area contributed by atoms with Crippen molar-refractivity contribution in [2.24, 2.45) is 0 Å². The molecule has 0 radical (unpaired) electrons.